The molecule has 1 saturated carbocycles. The molecule has 5 rings (SSSR count). The predicted octanol–water partition coefficient (Wildman–Crippen LogP) is 3.01. The lowest BCUT2D eigenvalue weighted by Crippen LogP contribution is -2.29. The van der Waals surface area contributed by atoms with E-state index in [0.717, 1.165) is 46.0 Å². The fourth-order valence-corrected chi connectivity index (χ4v) is 3.88. The van der Waals surface area contributed by atoms with E-state index in [9.17, 15) is 9.59 Å². The van der Waals surface area contributed by atoms with Gasteiger partial charge in [0.1, 0.15) is 5.75 Å². The molecule has 4 N–H and O–H groups in total. The number of hydrazone groups is 1. The Balaban J connectivity index is 1.38. The molecule has 160 valence electrons. The van der Waals surface area contributed by atoms with Gasteiger partial charge in [-0.3, -0.25) is 14.6 Å². The van der Waals surface area contributed by atoms with Gasteiger partial charge in [0.05, 0.1) is 36.1 Å². The summed E-state index contributed by atoms with van der Waals surface area (Å²) in [6, 6.07) is 14.6. The third kappa shape index (κ3) is 3.35. The molecule has 0 radical (unpaired) electrons. The van der Waals surface area contributed by atoms with Crippen LogP contribution >= 0.6 is 0 Å². The second-order valence-electron chi connectivity index (χ2n) is 7.92. The number of nitrogens with zero attached hydrogens (tertiary/aromatic N) is 2. The Morgan fingerprint density at radius 3 is 2.59 bits per heavy atom. The van der Waals surface area contributed by atoms with Crippen molar-refractivity contribution in [3.8, 4) is 5.75 Å². The smallest absolute Gasteiger partial charge is 0.271 e. The lowest BCUT2D eigenvalue weighted by atomic mass is 9.99. The van der Waals surface area contributed by atoms with Gasteiger partial charge in [-0.05, 0) is 60.9 Å². The van der Waals surface area contributed by atoms with E-state index in [-0.39, 0.29) is 11.8 Å². The minimum absolute atomic E-state index is 0.320. The number of methoxy groups -OCH3 is 1. The largest absolute Gasteiger partial charge is 0.497 e. The molecule has 1 aliphatic rings. The van der Waals surface area contributed by atoms with Gasteiger partial charge >= 0.3 is 0 Å². The highest BCUT2D eigenvalue weighted by molar-refractivity contribution is 6.09. The lowest BCUT2D eigenvalue weighted by molar-refractivity contribution is -0.120. The third-order valence-corrected chi connectivity index (χ3v) is 5.95. The van der Waals surface area contributed by atoms with E-state index >= 15 is 0 Å². The van der Waals surface area contributed by atoms with Gasteiger partial charge < -0.3 is 15.5 Å². The Labute approximate surface area is 183 Å². The number of carbonyl (C=O) groups excluding carboxylic acids is 2. The summed E-state index contributed by atoms with van der Waals surface area (Å²) in [7, 11) is 1.60. The van der Waals surface area contributed by atoms with E-state index in [2.05, 4.69) is 20.5 Å². The number of benzene rings is 2. The van der Waals surface area contributed by atoms with Crippen molar-refractivity contribution in [3.63, 3.8) is 0 Å². The predicted molar refractivity (Wildman–Crippen MR) is 122 cm³/mol. The van der Waals surface area contributed by atoms with Crippen LogP contribution in [0.4, 0.5) is 0 Å². The van der Waals surface area contributed by atoms with Crippen LogP contribution in [0.25, 0.3) is 21.8 Å². The van der Waals surface area contributed by atoms with E-state index in [1.54, 1.807) is 31.7 Å². The summed E-state index contributed by atoms with van der Waals surface area (Å²) in [5, 5.41) is 5.92. The maximum Gasteiger partial charge on any atom is 0.271 e. The number of ether oxygens (including phenoxy) is 1. The van der Waals surface area contributed by atoms with Crippen LogP contribution in [0.1, 0.15) is 34.5 Å². The standard InChI is InChI=1S/C24H21N5O3/c1-32-16-5-2-14(3-6-16)12-27-29-22(30)15-4-7-17-18-11-21(24(8-9-24)23(25)31)26-13-20(18)28-19(17)10-15/h2-7,10-13,28H,8-9H2,1H3,(H2,25,31)(H,29,30). The maximum atomic E-state index is 12.5. The van der Waals surface area contributed by atoms with Crippen molar-refractivity contribution in [2.24, 2.45) is 10.8 Å². The van der Waals surface area contributed by atoms with E-state index in [1.807, 2.05) is 36.4 Å². The maximum absolute atomic E-state index is 12.5. The average molecular weight is 427 g/mol. The molecule has 2 aromatic carbocycles. The first-order chi connectivity index (χ1) is 15.5. The minimum Gasteiger partial charge on any atom is -0.497 e. The average Bonchev–Trinajstić information content (AvgIpc) is 3.55. The SMILES string of the molecule is COc1ccc(C=NNC(=O)c2ccc3c(c2)[nH]c2cnc(C4(C(N)=O)CC4)cc23)cc1. The second kappa shape index (κ2) is 7.49. The van der Waals surface area contributed by atoms with Gasteiger partial charge in [0.15, 0.2) is 0 Å². The van der Waals surface area contributed by atoms with Crippen molar-refractivity contribution in [2.45, 2.75) is 18.3 Å². The lowest BCUT2D eigenvalue weighted by Gasteiger charge is -2.09. The number of pyridine rings is 1. The number of hydrogen-bond donors (Lipinski definition) is 3. The molecule has 32 heavy (non-hydrogen) atoms. The zero-order valence-electron chi connectivity index (χ0n) is 17.4. The highest BCUT2D eigenvalue weighted by Crippen LogP contribution is 2.47. The number of hydrogen-bond acceptors (Lipinski definition) is 5. The fraction of sp³-hybridized carbons (Fsp3) is 0.167. The summed E-state index contributed by atoms with van der Waals surface area (Å²) in [6.45, 7) is 0. The number of aromatic nitrogens is 2. The second-order valence-corrected chi connectivity index (χ2v) is 7.92. The summed E-state index contributed by atoms with van der Waals surface area (Å²) in [5.41, 5.74) is 11.1. The minimum atomic E-state index is -0.639. The molecule has 2 aromatic heterocycles. The van der Waals surface area contributed by atoms with Gasteiger partial charge in [-0.2, -0.15) is 5.10 Å². The molecule has 0 aliphatic heterocycles. The molecule has 0 atom stereocenters. The summed E-state index contributed by atoms with van der Waals surface area (Å²) >= 11 is 0. The summed E-state index contributed by atoms with van der Waals surface area (Å²) in [5.74, 6) is 0.0974. The van der Waals surface area contributed by atoms with Crippen LogP contribution in [0.5, 0.6) is 5.75 Å². The van der Waals surface area contributed by atoms with Gasteiger partial charge in [0, 0.05) is 21.9 Å². The quantitative estimate of drug-likeness (QED) is 0.323. The Morgan fingerprint density at radius 1 is 1.12 bits per heavy atom. The molecule has 0 unspecified atom stereocenters. The molecule has 1 fully saturated rings. The van der Waals surface area contributed by atoms with E-state index in [0.29, 0.717) is 11.3 Å². The van der Waals surface area contributed by atoms with Crippen molar-refractivity contribution in [3.05, 3.63) is 71.5 Å². The molecule has 1 aliphatic carbocycles. The van der Waals surface area contributed by atoms with Crippen LogP contribution in [0.2, 0.25) is 0 Å². The molecule has 0 bridgehead atoms. The first-order valence-electron chi connectivity index (χ1n) is 10.2. The highest BCUT2D eigenvalue weighted by atomic mass is 16.5. The number of H-pyrrole nitrogens is 1. The van der Waals surface area contributed by atoms with Crippen LogP contribution in [-0.4, -0.2) is 35.1 Å². The van der Waals surface area contributed by atoms with Crippen LogP contribution < -0.4 is 15.9 Å². The van der Waals surface area contributed by atoms with Crippen molar-refractivity contribution >= 4 is 39.8 Å². The number of rotatable bonds is 6. The number of fused-ring (bicyclic) bond motifs is 3. The molecule has 2 heterocycles. The molecule has 2 amide bonds. The molecule has 0 saturated heterocycles. The first-order valence-corrected chi connectivity index (χ1v) is 10.2. The van der Waals surface area contributed by atoms with Crippen LogP contribution in [-0.2, 0) is 10.2 Å². The summed E-state index contributed by atoms with van der Waals surface area (Å²) < 4.78 is 5.12. The monoisotopic (exact) mass is 427 g/mol. The van der Waals surface area contributed by atoms with Crippen LogP contribution in [0.3, 0.4) is 0 Å². The zero-order chi connectivity index (χ0) is 22.3. The zero-order valence-corrected chi connectivity index (χ0v) is 17.4. The summed E-state index contributed by atoms with van der Waals surface area (Å²) in [4.78, 5) is 32.1. The van der Waals surface area contributed by atoms with Crippen molar-refractivity contribution in [1.29, 1.82) is 0 Å². The Morgan fingerprint density at radius 2 is 1.91 bits per heavy atom. The number of amides is 2. The Kier molecular flexibility index (Phi) is 4.62. The number of primary amides is 1. The Hall–Kier alpha value is -4.20. The van der Waals surface area contributed by atoms with Gasteiger partial charge in [0.2, 0.25) is 5.91 Å². The van der Waals surface area contributed by atoms with Crippen LogP contribution in [0.15, 0.2) is 59.8 Å². The number of carbonyl (C=O) groups is 2. The molecule has 4 aromatic rings. The highest BCUT2D eigenvalue weighted by Gasteiger charge is 2.51. The first kappa shape index (κ1) is 19.7. The van der Waals surface area contributed by atoms with Gasteiger partial charge in [0.25, 0.3) is 5.91 Å². The van der Waals surface area contributed by atoms with Gasteiger partial charge in [-0.25, -0.2) is 5.43 Å². The number of nitrogens with one attached hydrogen (secondary N) is 2. The molecule has 8 heteroatoms. The normalized spacial score (nSPS) is 14.7. The third-order valence-electron chi connectivity index (χ3n) is 5.95. The van der Waals surface area contributed by atoms with Gasteiger partial charge in [-0.1, -0.05) is 6.07 Å². The molecule has 8 nitrogen and oxygen atoms in total. The van der Waals surface area contributed by atoms with Crippen molar-refractivity contribution in [2.75, 3.05) is 7.11 Å². The topological polar surface area (TPSA) is 122 Å². The summed E-state index contributed by atoms with van der Waals surface area (Å²) in [6.07, 6.45) is 4.74. The van der Waals surface area contributed by atoms with E-state index in [4.69, 9.17) is 10.5 Å². The van der Waals surface area contributed by atoms with E-state index < -0.39 is 5.41 Å². The Bertz CT molecular complexity index is 1380. The fourth-order valence-electron chi connectivity index (χ4n) is 3.88. The number of nitrogens with two attached hydrogens (primary N) is 1. The van der Waals surface area contributed by atoms with E-state index in [1.165, 1.54) is 0 Å². The molecular weight excluding hydrogens is 406 g/mol. The van der Waals surface area contributed by atoms with Gasteiger partial charge in [-0.15, -0.1) is 0 Å². The molecular formula is C24H21N5O3. The number of aromatic amines is 1. The molecule has 0 spiro atoms. The van der Waals surface area contributed by atoms with Crippen LogP contribution in [0, 0.1) is 0 Å². The van der Waals surface area contributed by atoms with Crippen molar-refractivity contribution < 1.29 is 14.3 Å². The van der Waals surface area contributed by atoms with Crippen molar-refractivity contribution in [1.82, 2.24) is 15.4 Å².